The van der Waals surface area contributed by atoms with Crippen molar-refractivity contribution in [3.05, 3.63) is 6.20 Å². The lowest BCUT2D eigenvalue weighted by Crippen LogP contribution is -2.36. The van der Waals surface area contributed by atoms with Gasteiger partial charge < -0.3 is 11.1 Å². The molecule has 0 aliphatic carbocycles. The first-order valence-corrected chi connectivity index (χ1v) is 4.32. The van der Waals surface area contributed by atoms with Crippen molar-refractivity contribution in [1.29, 1.82) is 0 Å². The number of nitrogens with two attached hydrogens (primary N) is 1. The molecule has 0 radical (unpaired) electrons. The summed E-state index contributed by atoms with van der Waals surface area (Å²) in [5, 5.41) is 10.6. The molecule has 0 saturated carbocycles. The van der Waals surface area contributed by atoms with Crippen molar-refractivity contribution in [3.8, 4) is 0 Å². The first-order chi connectivity index (χ1) is 6.41. The average Bonchev–Trinajstić information content (AvgIpc) is 2.32. The van der Waals surface area contributed by atoms with Gasteiger partial charge in [0.2, 0.25) is 5.91 Å². The van der Waals surface area contributed by atoms with Crippen LogP contribution >= 0.6 is 0 Å². The predicted molar refractivity (Wildman–Crippen MR) is 52.5 cm³/mol. The first-order valence-electron chi connectivity index (χ1n) is 4.32. The molecule has 0 aromatic carbocycles. The third kappa shape index (κ3) is 2.72. The fourth-order valence-corrected chi connectivity index (χ4v) is 1.23. The van der Waals surface area contributed by atoms with Crippen molar-refractivity contribution in [2.45, 2.75) is 25.8 Å². The van der Waals surface area contributed by atoms with E-state index in [-0.39, 0.29) is 17.9 Å². The zero-order valence-electron chi connectivity index (χ0n) is 8.61. The number of primary amides is 1. The minimum Gasteiger partial charge on any atom is -0.370 e. The number of anilines is 1. The number of rotatable bonds is 4. The molecule has 6 heteroatoms. The fourth-order valence-electron chi connectivity index (χ4n) is 1.23. The zero-order chi connectivity index (χ0) is 10.8. The lowest BCUT2D eigenvalue weighted by atomic mass is 10.0. The van der Waals surface area contributed by atoms with Crippen molar-refractivity contribution < 1.29 is 4.79 Å². The second kappa shape index (κ2) is 3.65. The molecule has 0 bridgehead atoms. The molecule has 0 aliphatic rings. The standard InChI is InChI=1S/C8H15N5O/c1-8(2,4-6(9)14)11-7-5-10-12-13(7)3/h5,11H,4H2,1-3H3,(H2,9,14). The lowest BCUT2D eigenvalue weighted by Gasteiger charge is -2.25. The van der Waals surface area contributed by atoms with E-state index in [1.54, 1.807) is 17.9 Å². The highest BCUT2D eigenvalue weighted by Gasteiger charge is 2.21. The summed E-state index contributed by atoms with van der Waals surface area (Å²) in [5.41, 5.74) is 4.74. The molecule has 0 saturated heterocycles. The van der Waals surface area contributed by atoms with E-state index < -0.39 is 0 Å². The van der Waals surface area contributed by atoms with E-state index in [9.17, 15) is 4.79 Å². The minimum atomic E-state index is -0.388. The minimum absolute atomic E-state index is 0.262. The van der Waals surface area contributed by atoms with Crippen LogP contribution in [-0.4, -0.2) is 26.4 Å². The van der Waals surface area contributed by atoms with Crippen LogP contribution in [0.2, 0.25) is 0 Å². The van der Waals surface area contributed by atoms with E-state index in [1.807, 2.05) is 13.8 Å². The topological polar surface area (TPSA) is 85.8 Å². The largest absolute Gasteiger partial charge is 0.370 e. The lowest BCUT2D eigenvalue weighted by molar-refractivity contribution is -0.118. The van der Waals surface area contributed by atoms with E-state index in [4.69, 9.17) is 5.73 Å². The molecule has 1 rings (SSSR count). The Kier molecular flexibility index (Phi) is 2.73. The van der Waals surface area contributed by atoms with Crippen LogP contribution < -0.4 is 11.1 Å². The molecule has 78 valence electrons. The van der Waals surface area contributed by atoms with Crippen LogP contribution in [0.5, 0.6) is 0 Å². The molecule has 1 aromatic rings. The predicted octanol–water partition coefficient (Wildman–Crippen LogP) is -0.119. The van der Waals surface area contributed by atoms with Crippen LogP contribution in [0, 0.1) is 0 Å². The van der Waals surface area contributed by atoms with Crippen molar-refractivity contribution in [1.82, 2.24) is 15.0 Å². The van der Waals surface area contributed by atoms with Gasteiger partial charge in [0.05, 0.1) is 6.20 Å². The van der Waals surface area contributed by atoms with Crippen molar-refractivity contribution in [2.24, 2.45) is 12.8 Å². The molecule has 6 nitrogen and oxygen atoms in total. The number of aromatic nitrogens is 3. The Hall–Kier alpha value is -1.59. The van der Waals surface area contributed by atoms with Crippen molar-refractivity contribution in [2.75, 3.05) is 5.32 Å². The summed E-state index contributed by atoms with van der Waals surface area (Å²) in [6.45, 7) is 3.79. The molecule has 0 aliphatic heterocycles. The summed E-state index contributed by atoms with van der Waals surface area (Å²) in [5.74, 6) is 0.425. The number of nitrogens with one attached hydrogen (secondary N) is 1. The van der Waals surface area contributed by atoms with Crippen LogP contribution in [-0.2, 0) is 11.8 Å². The summed E-state index contributed by atoms with van der Waals surface area (Å²) in [7, 11) is 1.77. The second-order valence-electron chi connectivity index (χ2n) is 3.89. The van der Waals surface area contributed by atoms with Gasteiger partial charge in [-0.1, -0.05) is 5.21 Å². The number of aryl methyl sites for hydroxylation is 1. The normalized spacial score (nSPS) is 11.4. The smallest absolute Gasteiger partial charge is 0.219 e. The van der Waals surface area contributed by atoms with Crippen LogP contribution in [0.15, 0.2) is 6.20 Å². The molecule has 14 heavy (non-hydrogen) atoms. The summed E-state index contributed by atoms with van der Waals surface area (Å²) >= 11 is 0. The van der Waals surface area contributed by atoms with Gasteiger partial charge in [0.15, 0.2) is 0 Å². The first kappa shape index (κ1) is 10.5. The molecule has 1 aromatic heterocycles. The zero-order valence-corrected chi connectivity index (χ0v) is 8.61. The van der Waals surface area contributed by atoms with Gasteiger partial charge in [-0.05, 0) is 13.8 Å². The highest BCUT2D eigenvalue weighted by Crippen LogP contribution is 2.15. The third-order valence-electron chi connectivity index (χ3n) is 1.80. The van der Waals surface area contributed by atoms with Gasteiger partial charge in [0, 0.05) is 19.0 Å². The van der Waals surface area contributed by atoms with Crippen LogP contribution in [0.4, 0.5) is 5.82 Å². The second-order valence-corrected chi connectivity index (χ2v) is 3.89. The van der Waals surface area contributed by atoms with Crippen molar-refractivity contribution in [3.63, 3.8) is 0 Å². The van der Waals surface area contributed by atoms with Crippen LogP contribution in [0.3, 0.4) is 0 Å². The number of hydrogen-bond acceptors (Lipinski definition) is 4. The highest BCUT2D eigenvalue weighted by atomic mass is 16.1. The monoisotopic (exact) mass is 197 g/mol. The molecule has 1 heterocycles. The molecule has 0 atom stereocenters. The Labute approximate surface area is 82.5 Å². The van der Waals surface area contributed by atoms with Gasteiger partial charge in [-0.15, -0.1) is 5.10 Å². The summed E-state index contributed by atoms with van der Waals surface area (Å²) in [4.78, 5) is 10.8. The summed E-state index contributed by atoms with van der Waals surface area (Å²) < 4.78 is 1.60. The highest BCUT2D eigenvalue weighted by molar-refractivity contribution is 5.75. The Balaban J connectivity index is 2.68. The van der Waals surface area contributed by atoms with Crippen molar-refractivity contribution >= 4 is 11.7 Å². The molecular weight excluding hydrogens is 182 g/mol. The van der Waals surface area contributed by atoms with E-state index in [0.717, 1.165) is 5.82 Å². The van der Waals surface area contributed by atoms with Gasteiger partial charge in [-0.25, -0.2) is 4.68 Å². The molecule has 3 N–H and O–H groups in total. The van der Waals surface area contributed by atoms with E-state index >= 15 is 0 Å². The van der Waals surface area contributed by atoms with Gasteiger partial charge in [0.1, 0.15) is 5.82 Å². The van der Waals surface area contributed by atoms with Gasteiger partial charge in [0.25, 0.3) is 0 Å². The Bertz CT molecular complexity index is 330. The number of carbonyl (C=O) groups is 1. The summed E-state index contributed by atoms with van der Waals surface area (Å²) in [6, 6.07) is 0. The van der Waals surface area contributed by atoms with Gasteiger partial charge >= 0.3 is 0 Å². The molecule has 1 amide bonds. The molecule has 0 unspecified atom stereocenters. The van der Waals surface area contributed by atoms with E-state index in [1.165, 1.54) is 0 Å². The van der Waals surface area contributed by atoms with Gasteiger partial charge in [-0.3, -0.25) is 4.79 Å². The maximum Gasteiger partial charge on any atom is 0.219 e. The van der Waals surface area contributed by atoms with Crippen LogP contribution in [0.25, 0.3) is 0 Å². The molecule has 0 spiro atoms. The number of nitrogens with zero attached hydrogens (tertiary/aromatic N) is 3. The SMILES string of the molecule is Cn1nncc1NC(C)(C)CC(N)=O. The Morgan fingerprint density at radius 3 is 2.79 bits per heavy atom. The van der Waals surface area contributed by atoms with Crippen LogP contribution in [0.1, 0.15) is 20.3 Å². The van der Waals surface area contributed by atoms with Gasteiger partial charge in [-0.2, -0.15) is 0 Å². The third-order valence-corrected chi connectivity index (χ3v) is 1.80. The van der Waals surface area contributed by atoms with E-state index in [2.05, 4.69) is 15.6 Å². The fraction of sp³-hybridized carbons (Fsp3) is 0.625. The number of amides is 1. The maximum absolute atomic E-state index is 10.8. The summed E-state index contributed by atoms with van der Waals surface area (Å²) in [6.07, 6.45) is 1.86. The Morgan fingerprint density at radius 2 is 2.36 bits per heavy atom. The molecular formula is C8H15N5O. The molecule has 0 fully saturated rings. The number of carbonyl (C=O) groups excluding carboxylic acids is 1. The van der Waals surface area contributed by atoms with E-state index in [0.29, 0.717) is 0 Å². The average molecular weight is 197 g/mol. The number of hydrogen-bond donors (Lipinski definition) is 2. The Morgan fingerprint density at radius 1 is 1.71 bits per heavy atom. The maximum atomic E-state index is 10.8. The quantitative estimate of drug-likeness (QED) is 0.704.